The molecule has 0 amide bonds. The van der Waals surface area contributed by atoms with Gasteiger partial charge in [0.2, 0.25) is 0 Å². The topological polar surface area (TPSA) is 56.7 Å². The van der Waals surface area contributed by atoms with Gasteiger partial charge in [0.05, 0.1) is 16.7 Å². The predicted octanol–water partition coefficient (Wildman–Crippen LogP) is 11.0. The van der Waals surface area contributed by atoms with Gasteiger partial charge in [-0.3, -0.25) is 0 Å². The van der Waals surface area contributed by atoms with Crippen molar-refractivity contribution in [3.8, 4) is 39.9 Å². The molecule has 224 valence electrons. The molecule has 3 heterocycles. The van der Waals surface area contributed by atoms with Gasteiger partial charge >= 0.3 is 0 Å². The van der Waals surface area contributed by atoms with Gasteiger partial charge in [-0.2, -0.15) is 0 Å². The normalized spacial score (nSPS) is 11.8. The van der Waals surface area contributed by atoms with Crippen LogP contribution < -0.4 is 0 Å². The van der Waals surface area contributed by atoms with Crippen molar-refractivity contribution in [3.63, 3.8) is 0 Å². The molecule has 0 aliphatic rings. The number of rotatable bonds is 4. The van der Waals surface area contributed by atoms with E-state index in [9.17, 15) is 0 Å². The van der Waals surface area contributed by atoms with Gasteiger partial charge < -0.3 is 8.98 Å². The van der Waals surface area contributed by atoms with Crippen LogP contribution in [0, 0.1) is 0 Å². The molecule has 10 rings (SSSR count). The van der Waals surface area contributed by atoms with E-state index in [0.717, 1.165) is 66.1 Å². The largest absolute Gasteiger partial charge is 0.456 e. The number of hydrogen-bond donors (Lipinski definition) is 0. The van der Waals surface area contributed by atoms with E-state index in [1.807, 2.05) is 72.8 Å². The third kappa shape index (κ3) is 4.08. The zero-order valence-electron chi connectivity index (χ0n) is 25.7. The van der Waals surface area contributed by atoms with Crippen LogP contribution in [0.1, 0.15) is 0 Å². The third-order valence-corrected chi connectivity index (χ3v) is 9.23. The SMILES string of the molecule is c1ccc(-c2nc(-c3ccccc3)nc(-c3cccc4cccc(-n5c6ccccc6c6cc7c(cc65)oc5ccccc57)c34)n2)cc1. The van der Waals surface area contributed by atoms with Crippen LogP contribution in [0.2, 0.25) is 0 Å². The van der Waals surface area contributed by atoms with Gasteiger partial charge in [-0.1, -0.05) is 127 Å². The highest BCUT2D eigenvalue weighted by Crippen LogP contribution is 2.41. The Morgan fingerprint density at radius 2 is 1.04 bits per heavy atom. The molecule has 0 radical (unpaired) electrons. The van der Waals surface area contributed by atoms with E-state index < -0.39 is 0 Å². The highest BCUT2D eigenvalue weighted by molar-refractivity contribution is 6.18. The van der Waals surface area contributed by atoms with Crippen molar-refractivity contribution >= 4 is 54.5 Å². The molecule has 0 spiro atoms. The molecule has 0 fully saturated rings. The minimum absolute atomic E-state index is 0.626. The van der Waals surface area contributed by atoms with Crippen molar-refractivity contribution in [1.82, 2.24) is 19.5 Å². The van der Waals surface area contributed by atoms with Crippen molar-refractivity contribution in [2.24, 2.45) is 0 Å². The Balaban J connectivity index is 1.29. The van der Waals surface area contributed by atoms with E-state index in [-0.39, 0.29) is 0 Å². The minimum Gasteiger partial charge on any atom is -0.456 e. The lowest BCUT2D eigenvalue weighted by Crippen LogP contribution is -2.02. The molecule has 10 aromatic rings. The van der Waals surface area contributed by atoms with Crippen LogP contribution in [0.25, 0.3) is 94.4 Å². The molecular weight excluding hydrogens is 589 g/mol. The van der Waals surface area contributed by atoms with Gasteiger partial charge in [-0.05, 0) is 29.7 Å². The van der Waals surface area contributed by atoms with E-state index in [1.54, 1.807) is 0 Å². The number of para-hydroxylation sites is 2. The second-order valence-corrected chi connectivity index (χ2v) is 12.0. The van der Waals surface area contributed by atoms with E-state index in [0.29, 0.717) is 17.5 Å². The van der Waals surface area contributed by atoms with Crippen LogP contribution in [-0.2, 0) is 0 Å². The molecule has 5 heteroatoms. The highest BCUT2D eigenvalue weighted by Gasteiger charge is 2.20. The van der Waals surface area contributed by atoms with Gasteiger partial charge in [-0.25, -0.2) is 15.0 Å². The summed E-state index contributed by atoms with van der Waals surface area (Å²) in [6, 6.07) is 54.4. The van der Waals surface area contributed by atoms with Crippen LogP contribution in [0.15, 0.2) is 162 Å². The molecule has 7 aromatic carbocycles. The second kappa shape index (κ2) is 10.5. The van der Waals surface area contributed by atoms with Gasteiger partial charge in [0.1, 0.15) is 11.2 Å². The van der Waals surface area contributed by atoms with Gasteiger partial charge in [0.15, 0.2) is 17.5 Å². The summed E-state index contributed by atoms with van der Waals surface area (Å²) in [4.78, 5) is 15.2. The summed E-state index contributed by atoms with van der Waals surface area (Å²) in [6.07, 6.45) is 0. The van der Waals surface area contributed by atoms with Gasteiger partial charge in [0, 0.05) is 49.7 Å². The molecule has 5 nitrogen and oxygen atoms in total. The smallest absolute Gasteiger partial charge is 0.164 e. The van der Waals surface area contributed by atoms with Crippen LogP contribution >= 0.6 is 0 Å². The average Bonchev–Trinajstić information content (AvgIpc) is 3.68. The van der Waals surface area contributed by atoms with E-state index in [2.05, 4.69) is 89.5 Å². The lowest BCUT2D eigenvalue weighted by molar-refractivity contribution is 0.669. The van der Waals surface area contributed by atoms with E-state index in [1.165, 1.54) is 10.8 Å². The Hall–Kier alpha value is -6.59. The Morgan fingerprint density at radius 1 is 0.417 bits per heavy atom. The molecule has 0 atom stereocenters. The lowest BCUT2D eigenvalue weighted by Gasteiger charge is -2.15. The van der Waals surface area contributed by atoms with Crippen molar-refractivity contribution in [3.05, 3.63) is 158 Å². The monoisotopic (exact) mass is 614 g/mol. The summed E-state index contributed by atoms with van der Waals surface area (Å²) in [5.74, 6) is 1.90. The summed E-state index contributed by atoms with van der Waals surface area (Å²) < 4.78 is 8.76. The number of furan rings is 1. The maximum Gasteiger partial charge on any atom is 0.164 e. The number of benzene rings is 7. The Kier molecular flexibility index (Phi) is 5.81. The summed E-state index contributed by atoms with van der Waals surface area (Å²) in [5, 5.41) is 6.77. The molecule has 0 saturated carbocycles. The maximum atomic E-state index is 6.40. The summed E-state index contributed by atoms with van der Waals surface area (Å²) in [5.41, 5.74) is 7.83. The van der Waals surface area contributed by atoms with Crippen LogP contribution in [0.5, 0.6) is 0 Å². The standard InChI is InChI=1S/C43H26N4O/c1-3-13-28(14-4-1)41-44-42(29-15-5-2-6-16-29)46-43(45-41)32-21-11-17-27-18-12-23-36(40(27)32)47-35-22-9-7-19-30(35)33-25-34-31-20-8-10-24-38(31)48-39(34)26-37(33)47/h1-26H. The first-order chi connectivity index (χ1) is 23.8. The molecule has 0 aliphatic heterocycles. The zero-order valence-corrected chi connectivity index (χ0v) is 25.7. The van der Waals surface area contributed by atoms with Gasteiger partial charge in [-0.15, -0.1) is 0 Å². The Bertz CT molecular complexity index is 2770. The lowest BCUT2D eigenvalue weighted by atomic mass is 10.0. The molecule has 0 aliphatic carbocycles. The fraction of sp³-hybridized carbons (Fsp3) is 0. The van der Waals surface area contributed by atoms with Crippen molar-refractivity contribution in [1.29, 1.82) is 0 Å². The maximum absolute atomic E-state index is 6.40. The van der Waals surface area contributed by atoms with E-state index >= 15 is 0 Å². The predicted molar refractivity (Wildman–Crippen MR) is 195 cm³/mol. The van der Waals surface area contributed by atoms with Crippen LogP contribution in [0.3, 0.4) is 0 Å². The molecule has 0 bridgehead atoms. The fourth-order valence-corrected chi connectivity index (χ4v) is 7.07. The first-order valence-electron chi connectivity index (χ1n) is 16.0. The van der Waals surface area contributed by atoms with Crippen molar-refractivity contribution in [2.75, 3.05) is 0 Å². The second-order valence-electron chi connectivity index (χ2n) is 12.0. The molecule has 0 unspecified atom stereocenters. The first kappa shape index (κ1) is 26.6. The summed E-state index contributed by atoms with van der Waals surface area (Å²) in [6.45, 7) is 0. The van der Waals surface area contributed by atoms with Crippen molar-refractivity contribution < 1.29 is 4.42 Å². The van der Waals surface area contributed by atoms with Crippen molar-refractivity contribution in [2.45, 2.75) is 0 Å². The zero-order chi connectivity index (χ0) is 31.6. The summed E-state index contributed by atoms with van der Waals surface area (Å²) >= 11 is 0. The quantitative estimate of drug-likeness (QED) is 0.198. The number of fused-ring (bicyclic) bond motifs is 7. The summed E-state index contributed by atoms with van der Waals surface area (Å²) in [7, 11) is 0. The molecule has 3 aromatic heterocycles. The first-order valence-corrected chi connectivity index (χ1v) is 16.0. The van der Waals surface area contributed by atoms with E-state index in [4.69, 9.17) is 19.4 Å². The Morgan fingerprint density at radius 3 is 1.79 bits per heavy atom. The molecule has 0 saturated heterocycles. The highest BCUT2D eigenvalue weighted by atomic mass is 16.3. The van der Waals surface area contributed by atoms with Crippen LogP contribution in [0.4, 0.5) is 0 Å². The minimum atomic E-state index is 0.626. The van der Waals surface area contributed by atoms with Gasteiger partial charge in [0.25, 0.3) is 0 Å². The third-order valence-electron chi connectivity index (χ3n) is 9.23. The number of nitrogens with zero attached hydrogens (tertiary/aromatic N) is 4. The number of hydrogen-bond acceptors (Lipinski definition) is 4. The molecular formula is C43H26N4O. The molecule has 0 N–H and O–H groups in total. The fourth-order valence-electron chi connectivity index (χ4n) is 7.07. The Labute approximate surface area is 275 Å². The van der Waals surface area contributed by atoms with Crippen LogP contribution in [-0.4, -0.2) is 19.5 Å². The average molecular weight is 615 g/mol. The molecule has 48 heavy (non-hydrogen) atoms. The number of aromatic nitrogens is 4.